The highest BCUT2D eigenvalue weighted by Crippen LogP contribution is 2.38. The maximum absolute atomic E-state index is 6.34. The first-order valence-corrected chi connectivity index (χ1v) is 9.55. The van der Waals surface area contributed by atoms with E-state index in [0.717, 1.165) is 6.42 Å². The number of fused-ring (bicyclic) bond motifs is 1. The van der Waals surface area contributed by atoms with Crippen molar-refractivity contribution in [1.82, 2.24) is 0 Å². The van der Waals surface area contributed by atoms with E-state index < -0.39 is 8.32 Å². The zero-order chi connectivity index (χ0) is 10.9. The first-order chi connectivity index (χ1) is 7.11. The average Bonchev–Trinajstić information content (AvgIpc) is 2.92. The van der Waals surface area contributed by atoms with Gasteiger partial charge in [-0.3, -0.25) is 0 Å². The predicted octanol–water partition coefficient (Wildman–Crippen LogP) is 3.33. The third-order valence-electron chi connectivity index (χ3n) is 3.57. The molecule has 1 aliphatic carbocycles. The number of epoxide rings is 1. The molecule has 0 aromatic carbocycles. The van der Waals surface area contributed by atoms with Crippen molar-refractivity contribution in [3.05, 3.63) is 0 Å². The second-order valence-electron chi connectivity index (χ2n) is 5.63. The Labute approximate surface area is 94.5 Å². The van der Waals surface area contributed by atoms with Crippen LogP contribution in [0.1, 0.15) is 39.0 Å². The van der Waals surface area contributed by atoms with Gasteiger partial charge in [0.25, 0.3) is 0 Å². The summed E-state index contributed by atoms with van der Waals surface area (Å²) in [7, 11) is -1.38. The average molecular weight is 228 g/mol. The van der Waals surface area contributed by atoms with Gasteiger partial charge in [-0.05, 0) is 32.0 Å². The molecular weight excluding hydrogens is 204 g/mol. The van der Waals surface area contributed by atoms with Crippen LogP contribution >= 0.6 is 0 Å². The molecule has 0 spiro atoms. The zero-order valence-electron chi connectivity index (χ0n) is 10.3. The number of hydrogen-bond acceptors (Lipinski definition) is 2. The van der Waals surface area contributed by atoms with Crippen LogP contribution in [0.25, 0.3) is 0 Å². The Kier molecular flexibility index (Phi) is 3.53. The molecule has 0 amide bonds. The molecule has 2 aliphatic rings. The van der Waals surface area contributed by atoms with E-state index in [1.807, 2.05) is 0 Å². The summed E-state index contributed by atoms with van der Waals surface area (Å²) in [4.78, 5) is 0. The standard InChI is InChI=1S/C12H24O2Si/c1-4-5-8-15(2,3)14-10-6-7-11-12(9-10)13-11/h10-12H,4-9H2,1-3H3. The van der Waals surface area contributed by atoms with Gasteiger partial charge in [-0.2, -0.15) is 0 Å². The molecule has 1 heterocycles. The van der Waals surface area contributed by atoms with Gasteiger partial charge in [-0.1, -0.05) is 19.8 Å². The number of hydrogen-bond donors (Lipinski definition) is 0. The SMILES string of the molecule is CCCC[Si](C)(C)OC1CCC2OC2C1. The van der Waals surface area contributed by atoms with E-state index in [2.05, 4.69) is 20.0 Å². The van der Waals surface area contributed by atoms with Crippen LogP contribution in [-0.4, -0.2) is 26.6 Å². The molecule has 0 bridgehead atoms. The van der Waals surface area contributed by atoms with E-state index in [0.29, 0.717) is 18.3 Å². The summed E-state index contributed by atoms with van der Waals surface area (Å²) in [6.07, 6.45) is 7.90. The van der Waals surface area contributed by atoms with Gasteiger partial charge in [0, 0.05) is 12.5 Å². The fraction of sp³-hybridized carbons (Fsp3) is 1.00. The summed E-state index contributed by atoms with van der Waals surface area (Å²) in [5, 5.41) is 0. The zero-order valence-corrected chi connectivity index (χ0v) is 11.3. The maximum Gasteiger partial charge on any atom is 0.187 e. The Hall–Kier alpha value is 0.137. The van der Waals surface area contributed by atoms with Gasteiger partial charge in [0.15, 0.2) is 8.32 Å². The second-order valence-corrected chi connectivity index (χ2v) is 9.88. The molecule has 0 aromatic heterocycles. The highest BCUT2D eigenvalue weighted by atomic mass is 28.4. The van der Waals surface area contributed by atoms with Gasteiger partial charge < -0.3 is 9.16 Å². The van der Waals surface area contributed by atoms with E-state index in [9.17, 15) is 0 Å². The fourth-order valence-corrected chi connectivity index (χ4v) is 5.03. The summed E-state index contributed by atoms with van der Waals surface area (Å²) < 4.78 is 11.9. The minimum atomic E-state index is -1.38. The molecule has 2 fully saturated rings. The monoisotopic (exact) mass is 228 g/mol. The molecular formula is C12H24O2Si. The Balaban J connectivity index is 1.74. The van der Waals surface area contributed by atoms with E-state index in [1.165, 1.54) is 31.7 Å². The van der Waals surface area contributed by atoms with Crippen molar-refractivity contribution in [3.63, 3.8) is 0 Å². The lowest BCUT2D eigenvalue weighted by Crippen LogP contribution is -2.37. The maximum atomic E-state index is 6.34. The summed E-state index contributed by atoms with van der Waals surface area (Å²) >= 11 is 0. The molecule has 3 unspecified atom stereocenters. The third-order valence-corrected chi connectivity index (χ3v) is 6.10. The van der Waals surface area contributed by atoms with Crippen LogP contribution in [0.2, 0.25) is 19.1 Å². The van der Waals surface area contributed by atoms with Crippen molar-refractivity contribution in [2.75, 3.05) is 0 Å². The van der Waals surface area contributed by atoms with Gasteiger partial charge in [0.1, 0.15) is 0 Å². The quantitative estimate of drug-likeness (QED) is 0.532. The van der Waals surface area contributed by atoms with Gasteiger partial charge in [0.05, 0.1) is 12.2 Å². The summed E-state index contributed by atoms with van der Waals surface area (Å²) in [5.74, 6) is 0. The first-order valence-electron chi connectivity index (χ1n) is 6.44. The molecule has 0 N–H and O–H groups in total. The Morgan fingerprint density at radius 1 is 1.27 bits per heavy atom. The topological polar surface area (TPSA) is 21.8 Å². The highest BCUT2D eigenvalue weighted by molar-refractivity contribution is 6.71. The lowest BCUT2D eigenvalue weighted by atomic mass is 9.98. The highest BCUT2D eigenvalue weighted by Gasteiger charge is 2.45. The lowest BCUT2D eigenvalue weighted by Gasteiger charge is -2.30. The van der Waals surface area contributed by atoms with Crippen molar-refractivity contribution in [1.29, 1.82) is 0 Å². The van der Waals surface area contributed by atoms with Crippen LogP contribution in [-0.2, 0) is 9.16 Å². The first kappa shape index (κ1) is 11.6. The van der Waals surface area contributed by atoms with E-state index in [1.54, 1.807) is 0 Å². The van der Waals surface area contributed by atoms with Crippen molar-refractivity contribution in [2.45, 2.75) is 76.5 Å². The fourth-order valence-electron chi connectivity index (χ4n) is 2.59. The Morgan fingerprint density at radius 3 is 2.73 bits per heavy atom. The van der Waals surface area contributed by atoms with E-state index in [-0.39, 0.29) is 0 Å². The van der Waals surface area contributed by atoms with Gasteiger partial charge >= 0.3 is 0 Å². The summed E-state index contributed by atoms with van der Waals surface area (Å²) in [5.41, 5.74) is 0. The molecule has 3 atom stereocenters. The molecule has 0 aromatic rings. The minimum Gasteiger partial charge on any atom is -0.414 e. The van der Waals surface area contributed by atoms with Crippen LogP contribution in [0.5, 0.6) is 0 Å². The molecule has 0 radical (unpaired) electrons. The molecule has 88 valence electrons. The molecule has 3 heteroatoms. The summed E-state index contributed by atoms with van der Waals surface area (Å²) in [6, 6.07) is 1.31. The third kappa shape index (κ3) is 3.30. The van der Waals surface area contributed by atoms with Crippen LogP contribution < -0.4 is 0 Å². The number of ether oxygens (including phenoxy) is 1. The predicted molar refractivity (Wildman–Crippen MR) is 64.6 cm³/mol. The van der Waals surface area contributed by atoms with Gasteiger partial charge in [-0.15, -0.1) is 0 Å². The van der Waals surface area contributed by atoms with Crippen molar-refractivity contribution in [3.8, 4) is 0 Å². The van der Waals surface area contributed by atoms with Gasteiger partial charge in [-0.25, -0.2) is 0 Å². The molecule has 1 saturated heterocycles. The Bertz CT molecular complexity index is 218. The van der Waals surface area contributed by atoms with Crippen LogP contribution in [0, 0.1) is 0 Å². The largest absolute Gasteiger partial charge is 0.414 e. The molecule has 15 heavy (non-hydrogen) atoms. The van der Waals surface area contributed by atoms with Crippen LogP contribution in [0.3, 0.4) is 0 Å². The van der Waals surface area contributed by atoms with Crippen LogP contribution in [0.15, 0.2) is 0 Å². The molecule has 2 rings (SSSR count). The smallest absolute Gasteiger partial charge is 0.187 e. The van der Waals surface area contributed by atoms with Crippen LogP contribution in [0.4, 0.5) is 0 Å². The Morgan fingerprint density at radius 2 is 2.07 bits per heavy atom. The van der Waals surface area contributed by atoms with Crippen molar-refractivity contribution >= 4 is 8.32 Å². The van der Waals surface area contributed by atoms with Gasteiger partial charge in [0.2, 0.25) is 0 Å². The van der Waals surface area contributed by atoms with Crippen molar-refractivity contribution in [2.24, 2.45) is 0 Å². The lowest BCUT2D eigenvalue weighted by molar-refractivity contribution is 0.154. The minimum absolute atomic E-state index is 0.507. The summed E-state index contributed by atoms with van der Waals surface area (Å²) in [6.45, 7) is 6.98. The molecule has 1 saturated carbocycles. The number of unbranched alkanes of at least 4 members (excludes halogenated alkanes) is 1. The van der Waals surface area contributed by atoms with Crippen molar-refractivity contribution < 1.29 is 9.16 Å². The molecule has 2 nitrogen and oxygen atoms in total. The second kappa shape index (κ2) is 4.56. The van der Waals surface area contributed by atoms with E-state index >= 15 is 0 Å². The van der Waals surface area contributed by atoms with E-state index in [4.69, 9.17) is 9.16 Å². The molecule has 1 aliphatic heterocycles. The normalized spacial score (nSPS) is 35.0. The number of rotatable bonds is 5.